The molecular weight excluding hydrogens is 416 g/mol. The van der Waals surface area contributed by atoms with E-state index in [4.69, 9.17) is 35.2 Å². The van der Waals surface area contributed by atoms with E-state index in [-0.39, 0.29) is 12.9 Å². The van der Waals surface area contributed by atoms with Gasteiger partial charge in [0.2, 0.25) is 12.7 Å². The molecular formula is C24H25ClN2O4. The number of para-hydroxylation sites is 1. The summed E-state index contributed by atoms with van der Waals surface area (Å²) in [5.41, 5.74) is 2.82. The third kappa shape index (κ3) is 4.23. The monoisotopic (exact) mass is 440 g/mol. The van der Waals surface area contributed by atoms with E-state index in [0.717, 1.165) is 49.7 Å². The normalized spacial score (nSPS) is 16.6. The van der Waals surface area contributed by atoms with E-state index in [0.29, 0.717) is 28.0 Å². The number of aromatic nitrogens is 1. The highest BCUT2D eigenvalue weighted by molar-refractivity contribution is 6.33. The van der Waals surface area contributed by atoms with E-state index in [2.05, 4.69) is 17.9 Å². The molecule has 1 saturated heterocycles. The molecule has 5 rings (SSSR count). The highest BCUT2D eigenvalue weighted by Crippen LogP contribution is 2.41. The van der Waals surface area contributed by atoms with Gasteiger partial charge in [0, 0.05) is 25.7 Å². The number of oxazole rings is 1. The molecule has 1 fully saturated rings. The molecule has 1 aromatic heterocycles. The summed E-state index contributed by atoms with van der Waals surface area (Å²) in [6.45, 7) is 6.90. The third-order valence-corrected chi connectivity index (χ3v) is 6.19. The summed E-state index contributed by atoms with van der Waals surface area (Å²) in [4.78, 5) is 7.13. The molecule has 0 aliphatic carbocycles. The highest BCUT2D eigenvalue weighted by Gasteiger charge is 2.24. The van der Waals surface area contributed by atoms with Gasteiger partial charge < -0.3 is 18.6 Å². The minimum absolute atomic E-state index is 0.203. The molecule has 7 heteroatoms. The predicted molar refractivity (Wildman–Crippen MR) is 118 cm³/mol. The summed E-state index contributed by atoms with van der Waals surface area (Å²) < 4.78 is 23.0. The molecule has 3 aromatic rings. The first-order valence-electron chi connectivity index (χ1n) is 10.6. The topological polar surface area (TPSA) is 57.0 Å². The number of hydrogen-bond acceptors (Lipinski definition) is 6. The van der Waals surface area contributed by atoms with Crippen LogP contribution in [0.15, 0.2) is 40.8 Å². The first-order valence-corrected chi connectivity index (χ1v) is 10.9. The molecule has 31 heavy (non-hydrogen) atoms. The van der Waals surface area contributed by atoms with Gasteiger partial charge in [0.05, 0.1) is 16.3 Å². The zero-order chi connectivity index (χ0) is 21.4. The summed E-state index contributed by atoms with van der Waals surface area (Å²) in [6, 6.07) is 11.8. The minimum Gasteiger partial charge on any atom is -0.490 e. The van der Waals surface area contributed by atoms with Gasteiger partial charge in [-0.1, -0.05) is 29.8 Å². The Morgan fingerprint density at radius 1 is 1.10 bits per heavy atom. The smallest absolute Gasteiger partial charge is 0.231 e. The lowest BCUT2D eigenvalue weighted by Gasteiger charge is -2.32. The molecule has 0 unspecified atom stereocenters. The van der Waals surface area contributed by atoms with Crippen LogP contribution in [-0.4, -0.2) is 35.9 Å². The van der Waals surface area contributed by atoms with Crippen LogP contribution in [-0.2, 0) is 6.54 Å². The van der Waals surface area contributed by atoms with Crippen molar-refractivity contribution in [3.05, 3.63) is 58.4 Å². The van der Waals surface area contributed by atoms with Crippen molar-refractivity contribution in [1.82, 2.24) is 9.88 Å². The average Bonchev–Trinajstić information content (AvgIpc) is 3.36. The Morgan fingerprint density at radius 3 is 2.61 bits per heavy atom. The number of rotatable bonds is 5. The molecule has 2 aliphatic heterocycles. The van der Waals surface area contributed by atoms with Crippen molar-refractivity contribution < 1.29 is 18.6 Å². The Kier molecular flexibility index (Phi) is 5.50. The summed E-state index contributed by atoms with van der Waals surface area (Å²) in [5.74, 6) is 3.61. The Hall–Kier alpha value is -2.70. The Labute approximate surface area is 186 Å². The predicted octanol–water partition coefficient (Wildman–Crippen LogP) is 5.38. The van der Waals surface area contributed by atoms with E-state index in [9.17, 15) is 0 Å². The maximum absolute atomic E-state index is 6.43. The van der Waals surface area contributed by atoms with Crippen LogP contribution in [0.25, 0.3) is 11.5 Å². The molecule has 0 N–H and O–H groups in total. The summed E-state index contributed by atoms with van der Waals surface area (Å²) >= 11 is 6.43. The zero-order valence-electron chi connectivity index (χ0n) is 17.7. The van der Waals surface area contributed by atoms with E-state index in [1.807, 2.05) is 31.2 Å². The first-order chi connectivity index (χ1) is 15.1. The van der Waals surface area contributed by atoms with Crippen LogP contribution in [0, 0.1) is 13.8 Å². The first kappa shape index (κ1) is 20.2. The lowest BCUT2D eigenvalue weighted by atomic mass is 10.1. The molecule has 0 amide bonds. The lowest BCUT2D eigenvalue weighted by molar-refractivity contribution is 0.0954. The fourth-order valence-electron chi connectivity index (χ4n) is 4.04. The number of ether oxygens (including phenoxy) is 3. The summed E-state index contributed by atoms with van der Waals surface area (Å²) in [5, 5.41) is 0.534. The maximum atomic E-state index is 6.43. The number of halogens is 1. The van der Waals surface area contributed by atoms with Gasteiger partial charge in [-0.15, -0.1) is 0 Å². The van der Waals surface area contributed by atoms with Crippen molar-refractivity contribution in [2.75, 3.05) is 19.9 Å². The number of hydrogen-bond donors (Lipinski definition) is 0. The number of aryl methyl sites for hydroxylation is 2. The van der Waals surface area contributed by atoms with Gasteiger partial charge in [-0.25, -0.2) is 4.98 Å². The van der Waals surface area contributed by atoms with Gasteiger partial charge in [0.1, 0.15) is 17.6 Å². The minimum atomic E-state index is 0.203. The molecule has 2 aromatic carbocycles. The Morgan fingerprint density at radius 2 is 1.84 bits per heavy atom. The van der Waals surface area contributed by atoms with Crippen LogP contribution in [0.2, 0.25) is 5.02 Å². The van der Waals surface area contributed by atoms with E-state index in [1.54, 1.807) is 6.07 Å². The number of fused-ring (bicyclic) bond motifs is 1. The van der Waals surface area contributed by atoms with E-state index < -0.39 is 0 Å². The number of piperidine rings is 1. The second kappa shape index (κ2) is 8.44. The van der Waals surface area contributed by atoms with Crippen LogP contribution in [0.4, 0.5) is 0 Å². The summed E-state index contributed by atoms with van der Waals surface area (Å²) in [7, 11) is 0. The molecule has 0 atom stereocenters. The van der Waals surface area contributed by atoms with Crippen molar-refractivity contribution in [3.63, 3.8) is 0 Å². The van der Waals surface area contributed by atoms with Crippen molar-refractivity contribution >= 4 is 11.6 Å². The van der Waals surface area contributed by atoms with Crippen molar-refractivity contribution in [2.45, 2.75) is 39.3 Å². The van der Waals surface area contributed by atoms with E-state index >= 15 is 0 Å². The third-order valence-electron chi connectivity index (χ3n) is 5.88. The molecule has 2 aliphatic rings. The van der Waals surface area contributed by atoms with Gasteiger partial charge in [-0.05, 0) is 44.4 Å². The highest BCUT2D eigenvalue weighted by atomic mass is 35.5. The average molecular weight is 441 g/mol. The lowest BCUT2D eigenvalue weighted by Crippen LogP contribution is -2.38. The zero-order valence-corrected chi connectivity index (χ0v) is 18.4. The Bertz CT molecular complexity index is 1090. The van der Waals surface area contributed by atoms with Crippen LogP contribution < -0.4 is 14.2 Å². The summed E-state index contributed by atoms with van der Waals surface area (Å²) in [6.07, 6.45) is 2.23. The molecule has 0 bridgehead atoms. The quantitative estimate of drug-likeness (QED) is 0.530. The largest absolute Gasteiger partial charge is 0.490 e. The Balaban J connectivity index is 1.23. The second-order valence-electron chi connectivity index (χ2n) is 8.07. The van der Waals surface area contributed by atoms with Crippen LogP contribution in [0.3, 0.4) is 0 Å². The maximum Gasteiger partial charge on any atom is 0.231 e. The number of benzene rings is 2. The van der Waals surface area contributed by atoms with Crippen molar-refractivity contribution in [1.29, 1.82) is 0 Å². The van der Waals surface area contributed by atoms with Gasteiger partial charge >= 0.3 is 0 Å². The van der Waals surface area contributed by atoms with Gasteiger partial charge in [0.25, 0.3) is 0 Å². The van der Waals surface area contributed by atoms with Crippen LogP contribution in [0.5, 0.6) is 17.2 Å². The van der Waals surface area contributed by atoms with Crippen LogP contribution >= 0.6 is 11.6 Å². The molecule has 3 heterocycles. The van der Waals surface area contributed by atoms with Gasteiger partial charge in [0.15, 0.2) is 11.5 Å². The fourth-order valence-corrected chi connectivity index (χ4v) is 4.27. The second-order valence-corrected chi connectivity index (χ2v) is 8.47. The van der Waals surface area contributed by atoms with Gasteiger partial charge in [-0.3, -0.25) is 4.90 Å². The molecule has 0 spiro atoms. The standard InChI is InChI=1S/C24H25ClN2O4/c1-15-5-3-4-6-21(15)31-17-7-9-27(10-8-17)13-20-16(2)30-24(26-20)18-11-22-23(12-19(18)25)29-14-28-22/h3-6,11-12,17H,7-10,13-14H2,1-2H3. The van der Waals surface area contributed by atoms with Crippen molar-refractivity contribution in [3.8, 4) is 28.7 Å². The molecule has 162 valence electrons. The van der Waals surface area contributed by atoms with E-state index in [1.165, 1.54) is 5.56 Å². The SMILES string of the molecule is Cc1ccccc1OC1CCN(Cc2nc(-c3cc4c(cc3Cl)OCO4)oc2C)CC1. The molecule has 0 radical (unpaired) electrons. The van der Waals surface area contributed by atoms with Crippen LogP contribution in [0.1, 0.15) is 29.9 Å². The fraction of sp³-hybridized carbons (Fsp3) is 0.375. The number of likely N-dealkylation sites (tertiary alicyclic amines) is 1. The van der Waals surface area contributed by atoms with Crippen molar-refractivity contribution in [2.24, 2.45) is 0 Å². The van der Waals surface area contributed by atoms with Gasteiger partial charge in [-0.2, -0.15) is 0 Å². The number of nitrogens with zero attached hydrogens (tertiary/aromatic N) is 2. The molecule has 6 nitrogen and oxygen atoms in total. The molecule has 0 saturated carbocycles.